The van der Waals surface area contributed by atoms with Crippen LogP contribution in [0, 0.1) is 0 Å². The third kappa shape index (κ3) is 4.24. The van der Waals surface area contributed by atoms with Gasteiger partial charge in [-0.05, 0) is 37.6 Å². The molecule has 0 saturated carbocycles. The highest BCUT2D eigenvalue weighted by Gasteiger charge is 2.18. The summed E-state index contributed by atoms with van der Waals surface area (Å²) in [5, 5.41) is 10.9. The Morgan fingerprint density at radius 1 is 1.36 bits per heavy atom. The molecule has 0 radical (unpaired) electrons. The zero-order chi connectivity index (χ0) is 15.9. The molecule has 1 N–H and O–H groups in total. The molecule has 1 aromatic heterocycles. The summed E-state index contributed by atoms with van der Waals surface area (Å²) in [5.74, 6) is 1.15. The van der Waals surface area contributed by atoms with Crippen LogP contribution in [0.5, 0.6) is 5.75 Å². The van der Waals surface area contributed by atoms with Crippen molar-refractivity contribution in [2.75, 3.05) is 13.7 Å². The van der Waals surface area contributed by atoms with Crippen molar-refractivity contribution in [2.24, 2.45) is 0 Å². The summed E-state index contributed by atoms with van der Waals surface area (Å²) >= 11 is 1.25. The Labute approximate surface area is 133 Å². The van der Waals surface area contributed by atoms with Crippen LogP contribution in [0.2, 0.25) is 0 Å². The minimum atomic E-state index is -0.282. The molecule has 0 saturated heterocycles. The zero-order valence-electron chi connectivity index (χ0n) is 12.8. The smallest absolute Gasteiger partial charge is 0.277 e. The van der Waals surface area contributed by atoms with E-state index in [4.69, 9.17) is 9.15 Å². The van der Waals surface area contributed by atoms with Gasteiger partial charge >= 0.3 is 0 Å². The second kappa shape index (κ2) is 7.84. The van der Waals surface area contributed by atoms with E-state index in [1.165, 1.54) is 11.8 Å². The van der Waals surface area contributed by atoms with Crippen LogP contribution in [0.25, 0.3) is 11.5 Å². The van der Waals surface area contributed by atoms with Crippen molar-refractivity contribution in [2.45, 2.75) is 30.7 Å². The van der Waals surface area contributed by atoms with Crippen molar-refractivity contribution in [1.82, 2.24) is 15.5 Å². The molecule has 0 aliphatic rings. The molecular weight excluding hydrogens is 302 g/mol. The summed E-state index contributed by atoms with van der Waals surface area (Å²) in [6.07, 6.45) is 0.908. The average molecular weight is 321 g/mol. The number of nitrogens with one attached hydrogen (secondary N) is 1. The molecule has 118 valence electrons. The highest BCUT2D eigenvalue weighted by atomic mass is 32.2. The molecule has 7 heteroatoms. The molecule has 1 atom stereocenters. The topological polar surface area (TPSA) is 77.2 Å². The van der Waals surface area contributed by atoms with E-state index in [9.17, 15) is 4.79 Å². The van der Waals surface area contributed by atoms with Gasteiger partial charge in [-0.3, -0.25) is 4.79 Å². The normalized spacial score (nSPS) is 12.0. The maximum atomic E-state index is 11.8. The number of rotatable bonds is 7. The maximum Gasteiger partial charge on any atom is 0.277 e. The molecule has 22 heavy (non-hydrogen) atoms. The van der Waals surface area contributed by atoms with Crippen LogP contribution in [0.4, 0.5) is 0 Å². The molecule has 0 bridgehead atoms. The number of carbonyl (C=O) groups excluding carboxylic acids is 1. The lowest BCUT2D eigenvalue weighted by atomic mass is 10.2. The number of thioether (sulfide) groups is 1. The number of hydrogen-bond donors (Lipinski definition) is 1. The minimum absolute atomic E-state index is 0.0314. The summed E-state index contributed by atoms with van der Waals surface area (Å²) in [7, 11) is 1.61. The quantitative estimate of drug-likeness (QED) is 0.790. The number of nitrogens with zero attached hydrogens (tertiary/aromatic N) is 2. The van der Waals surface area contributed by atoms with Crippen molar-refractivity contribution in [3.8, 4) is 17.2 Å². The largest absolute Gasteiger partial charge is 0.497 e. The first-order valence-electron chi connectivity index (χ1n) is 7.06. The van der Waals surface area contributed by atoms with Crippen LogP contribution >= 0.6 is 11.8 Å². The third-order valence-corrected chi connectivity index (χ3v) is 3.87. The van der Waals surface area contributed by atoms with E-state index in [1.807, 2.05) is 38.1 Å². The van der Waals surface area contributed by atoms with Crippen LogP contribution in [0.1, 0.15) is 20.3 Å². The fourth-order valence-corrected chi connectivity index (χ4v) is 2.41. The number of hydrogen-bond acceptors (Lipinski definition) is 6. The summed E-state index contributed by atoms with van der Waals surface area (Å²) in [6, 6.07) is 7.34. The monoisotopic (exact) mass is 321 g/mol. The van der Waals surface area contributed by atoms with Crippen LogP contribution in [-0.2, 0) is 4.79 Å². The van der Waals surface area contributed by atoms with Gasteiger partial charge < -0.3 is 14.5 Å². The Kier molecular flexibility index (Phi) is 5.83. The number of benzene rings is 1. The predicted octanol–water partition coefficient (Wildman–Crippen LogP) is 2.75. The minimum Gasteiger partial charge on any atom is -0.497 e. The summed E-state index contributed by atoms with van der Waals surface area (Å²) in [5.41, 5.74) is 0.809. The average Bonchev–Trinajstić information content (AvgIpc) is 3.01. The Balaban J connectivity index is 2.00. The number of methoxy groups -OCH3 is 1. The molecule has 0 fully saturated rings. The van der Waals surface area contributed by atoms with Crippen molar-refractivity contribution in [3.63, 3.8) is 0 Å². The fraction of sp³-hybridized carbons (Fsp3) is 0.400. The van der Waals surface area contributed by atoms with Gasteiger partial charge in [-0.2, -0.15) is 0 Å². The van der Waals surface area contributed by atoms with E-state index in [2.05, 4.69) is 15.5 Å². The Morgan fingerprint density at radius 2 is 2.09 bits per heavy atom. The van der Waals surface area contributed by atoms with Crippen LogP contribution in [0.3, 0.4) is 0 Å². The van der Waals surface area contributed by atoms with Gasteiger partial charge in [0.2, 0.25) is 11.8 Å². The highest BCUT2D eigenvalue weighted by molar-refractivity contribution is 8.00. The lowest BCUT2D eigenvalue weighted by Crippen LogP contribution is -2.31. The number of amides is 1. The molecule has 2 aromatic rings. The van der Waals surface area contributed by atoms with Gasteiger partial charge in [0.1, 0.15) is 5.75 Å². The van der Waals surface area contributed by atoms with E-state index in [1.54, 1.807) is 7.11 Å². The SMILES string of the molecule is CCCNC(=O)[C@H](C)Sc1nnc(-c2ccc(OC)cc2)o1. The first-order valence-corrected chi connectivity index (χ1v) is 7.94. The van der Waals surface area contributed by atoms with E-state index < -0.39 is 0 Å². The van der Waals surface area contributed by atoms with Crippen molar-refractivity contribution >= 4 is 17.7 Å². The third-order valence-electron chi connectivity index (χ3n) is 2.94. The molecule has 0 spiro atoms. The Hall–Kier alpha value is -2.02. The lowest BCUT2D eigenvalue weighted by molar-refractivity contribution is -0.120. The van der Waals surface area contributed by atoms with Crippen LogP contribution in [0.15, 0.2) is 33.9 Å². The van der Waals surface area contributed by atoms with E-state index in [0.29, 0.717) is 17.7 Å². The fourth-order valence-electron chi connectivity index (χ4n) is 1.70. The number of aromatic nitrogens is 2. The van der Waals surface area contributed by atoms with E-state index in [-0.39, 0.29) is 11.2 Å². The van der Waals surface area contributed by atoms with Crippen LogP contribution in [-0.4, -0.2) is 35.0 Å². The molecule has 6 nitrogen and oxygen atoms in total. The standard InChI is InChI=1S/C15H19N3O3S/c1-4-9-16-13(19)10(2)22-15-18-17-14(21-15)11-5-7-12(20-3)8-6-11/h5-8,10H,4,9H2,1-3H3,(H,16,19)/t10-/m0/s1. The molecule has 2 rings (SSSR count). The van der Waals surface area contributed by atoms with Crippen molar-refractivity contribution in [1.29, 1.82) is 0 Å². The summed E-state index contributed by atoms with van der Waals surface area (Å²) in [4.78, 5) is 11.8. The molecule has 0 unspecified atom stereocenters. The number of carbonyl (C=O) groups is 1. The predicted molar refractivity (Wildman–Crippen MR) is 84.9 cm³/mol. The second-order valence-electron chi connectivity index (χ2n) is 4.65. The lowest BCUT2D eigenvalue weighted by Gasteiger charge is -2.08. The first kappa shape index (κ1) is 16.4. The van der Waals surface area contributed by atoms with Gasteiger partial charge in [0, 0.05) is 12.1 Å². The summed E-state index contributed by atoms with van der Waals surface area (Å²) in [6.45, 7) is 4.49. The highest BCUT2D eigenvalue weighted by Crippen LogP contribution is 2.27. The van der Waals surface area contributed by atoms with Crippen molar-refractivity contribution in [3.05, 3.63) is 24.3 Å². The number of ether oxygens (including phenoxy) is 1. The zero-order valence-corrected chi connectivity index (χ0v) is 13.6. The van der Waals surface area contributed by atoms with Gasteiger partial charge in [-0.25, -0.2) is 0 Å². The molecular formula is C15H19N3O3S. The molecule has 0 aliphatic carbocycles. The van der Waals surface area contributed by atoms with Crippen LogP contribution < -0.4 is 10.1 Å². The van der Waals surface area contributed by atoms with Gasteiger partial charge in [0.15, 0.2) is 0 Å². The maximum absolute atomic E-state index is 11.8. The molecule has 1 heterocycles. The van der Waals surface area contributed by atoms with Crippen molar-refractivity contribution < 1.29 is 13.9 Å². The Bertz CT molecular complexity index is 613. The van der Waals surface area contributed by atoms with Gasteiger partial charge in [-0.15, -0.1) is 10.2 Å². The summed E-state index contributed by atoms with van der Waals surface area (Å²) < 4.78 is 10.7. The molecule has 0 aliphatic heterocycles. The van der Waals surface area contributed by atoms with Gasteiger partial charge in [-0.1, -0.05) is 18.7 Å². The second-order valence-corrected chi connectivity index (χ2v) is 5.94. The van der Waals surface area contributed by atoms with Gasteiger partial charge in [0.25, 0.3) is 5.22 Å². The Morgan fingerprint density at radius 3 is 2.73 bits per heavy atom. The van der Waals surface area contributed by atoms with Gasteiger partial charge in [0.05, 0.1) is 12.4 Å². The molecule has 1 aromatic carbocycles. The van der Waals surface area contributed by atoms with E-state index >= 15 is 0 Å². The van der Waals surface area contributed by atoms with E-state index in [0.717, 1.165) is 17.7 Å². The molecule has 1 amide bonds. The first-order chi connectivity index (χ1) is 10.6.